The van der Waals surface area contributed by atoms with Crippen molar-refractivity contribution >= 4 is 11.2 Å². The summed E-state index contributed by atoms with van der Waals surface area (Å²) in [4.78, 5) is 5.83. The van der Waals surface area contributed by atoms with Crippen molar-refractivity contribution in [2.45, 2.75) is 31.0 Å². The number of halogens is 3. The topological polar surface area (TPSA) is 87.1 Å². The van der Waals surface area contributed by atoms with E-state index in [1.165, 1.54) is 10.7 Å². The number of fused-ring (bicyclic) bond motifs is 1. The molecule has 39 heavy (non-hydrogen) atoms. The third-order valence-electron chi connectivity index (χ3n) is 7.11. The highest BCUT2D eigenvalue weighted by molar-refractivity contribution is 5.71. The van der Waals surface area contributed by atoms with Gasteiger partial charge in [0, 0.05) is 12.1 Å². The lowest BCUT2D eigenvalue weighted by atomic mass is 9.89. The van der Waals surface area contributed by atoms with E-state index in [1.807, 2.05) is 36.4 Å². The third-order valence-corrected chi connectivity index (χ3v) is 7.11. The summed E-state index contributed by atoms with van der Waals surface area (Å²) in [6.07, 6.45) is -3.80. The van der Waals surface area contributed by atoms with Crippen LogP contribution in [0.1, 0.15) is 24.3 Å². The van der Waals surface area contributed by atoms with E-state index in [4.69, 9.17) is 19.9 Å². The van der Waals surface area contributed by atoms with Crippen LogP contribution in [0.3, 0.4) is 0 Å². The molecule has 11 heteroatoms. The number of para-hydroxylation sites is 1. The molecule has 0 amide bonds. The smallest absolute Gasteiger partial charge is 0.426 e. The molecule has 0 spiro atoms. The van der Waals surface area contributed by atoms with Crippen molar-refractivity contribution in [3.05, 3.63) is 66.4 Å². The maximum atomic E-state index is 14.1. The van der Waals surface area contributed by atoms with Crippen LogP contribution in [0.15, 0.2) is 60.8 Å². The number of hydrogen-bond acceptors (Lipinski definition) is 7. The Hall–Kier alpha value is -3.99. The van der Waals surface area contributed by atoms with Crippen LogP contribution in [0, 0.1) is 0 Å². The number of nitrogen functional groups attached to an aromatic ring is 1. The number of alkyl halides is 3. The van der Waals surface area contributed by atoms with Crippen molar-refractivity contribution in [3.63, 3.8) is 0 Å². The minimum Gasteiger partial charge on any atom is -0.496 e. The molecule has 0 bridgehead atoms. The van der Waals surface area contributed by atoms with Crippen molar-refractivity contribution < 1.29 is 27.4 Å². The highest BCUT2D eigenvalue weighted by Gasteiger charge is 2.44. The largest absolute Gasteiger partial charge is 0.496 e. The maximum absolute atomic E-state index is 14.1. The number of hydrogen-bond donors (Lipinski definition) is 1. The minimum absolute atomic E-state index is 0.217. The van der Waals surface area contributed by atoms with E-state index in [1.54, 1.807) is 37.3 Å². The highest BCUT2D eigenvalue weighted by atomic mass is 19.4. The first-order valence-corrected chi connectivity index (χ1v) is 12.6. The van der Waals surface area contributed by atoms with Crippen LogP contribution in [-0.4, -0.2) is 65.6 Å². The zero-order valence-corrected chi connectivity index (χ0v) is 21.7. The van der Waals surface area contributed by atoms with E-state index in [0.29, 0.717) is 54.3 Å². The van der Waals surface area contributed by atoms with Gasteiger partial charge in [0.05, 0.1) is 37.3 Å². The molecule has 5 rings (SSSR count). The molecule has 1 unspecified atom stereocenters. The van der Waals surface area contributed by atoms with Crippen molar-refractivity contribution in [3.8, 4) is 28.8 Å². The average molecular weight is 542 g/mol. The Morgan fingerprint density at radius 1 is 1.00 bits per heavy atom. The van der Waals surface area contributed by atoms with Gasteiger partial charge < -0.3 is 19.9 Å². The lowest BCUT2D eigenvalue weighted by molar-refractivity contribution is -0.201. The van der Waals surface area contributed by atoms with Crippen LogP contribution in [-0.2, 0) is 0 Å². The summed E-state index contributed by atoms with van der Waals surface area (Å²) < 4.78 is 59.9. The summed E-state index contributed by atoms with van der Waals surface area (Å²) in [6, 6.07) is 16.3. The van der Waals surface area contributed by atoms with Crippen LogP contribution >= 0.6 is 0 Å². The molecule has 8 nitrogen and oxygen atoms in total. The van der Waals surface area contributed by atoms with Crippen molar-refractivity contribution in [2.75, 3.05) is 39.6 Å². The number of benzene rings is 2. The number of nitrogens with two attached hydrogens (primary N) is 1. The quantitative estimate of drug-likeness (QED) is 0.308. The molecule has 0 aliphatic carbocycles. The van der Waals surface area contributed by atoms with E-state index >= 15 is 0 Å². The normalized spacial score (nSPS) is 15.8. The van der Waals surface area contributed by atoms with E-state index in [-0.39, 0.29) is 18.5 Å². The van der Waals surface area contributed by atoms with Gasteiger partial charge in [0.15, 0.2) is 0 Å². The summed E-state index contributed by atoms with van der Waals surface area (Å²) in [7, 11) is 3.12. The Morgan fingerprint density at radius 2 is 1.74 bits per heavy atom. The molecule has 206 valence electrons. The molecule has 1 fully saturated rings. The molecule has 1 atom stereocenters. The number of rotatable bonds is 8. The van der Waals surface area contributed by atoms with Crippen LogP contribution in [0.25, 0.3) is 16.8 Å². The van der Waals surface area contributed by atoms with Crippen molar-refractivity contribution in [1.82, 2.24) is 19.5 Å². The van der Waals surface area contributed by atoms with Gasteiger partial charge in [-0.3, -0.25) is 4.90 Å². The number of ether oxygens (including phenoxy) is 3. The second kappa shape index (κ2) is 11.0. The molecule has 4 aromatic rings. The molecule has 1 saturated heterocycles. The van der Waals surface area contributed by atoms with E-state index in [2.05, 4.69) is 10.1 Å². The van der Waals surface area contributed by atoms with Gasteiger partial charge in [0.2, 0.25) is 6.10 Å². The van der Waals surface area contributed by atoms with Gasteiger partial charge in [0.1, 0.15) is 11.5 Å². The molecule has 0 saturated carbocycles. The van der Waals surface area contributed by atoms with Crippen molar-refractivity contribution in [2.24, 2.45) is 0 Å². The SMILES string of the molecule is COc1cc(C2CCN(CC(Oc3ncc4ccc(-c5ccccc5OC)n4n3)C(F)(F)F)CC2)ccc1N. The number of likely N-dealkylation sites (tertiary alicyclic amines) is 1. The Bertz CT molecular complexity index is 1430. The van der Waals surface area contributed by atoms with Gasteiger partial charge in [-0.05, 0) is 73.8 Å². The standard InChI is InChI=1S/C28H30F3N5O3/c1-37-24-6-4-3-5-21(24)23-10-8-20-16-33-27(34-36(20)23)39-26(28(29,30)31)17-35-13-11-18(12-14-35)19-7-9-22(32)25(15-19)38-2/h3-10,15-16,18,26H,11-14,17,32H2,1-2H3. The summed E-state index contributed by atoms with van der Waals surface area (Å²) >= 11 is 0. The number of piperidine rings is 1. The Balaban J connectivity index is 1.30. The molecule has 3 heterocycles. The van der Waals surface area contributed by atoms with Gasteiger partial charge in [-0.25, -0.2) is 9.50 Å². The van der Waals surface area contributed by atoms with E-state index < -0.39 is 12.3 Å². The third kappa shape index (κ3) is 5.73. The predicted octanol–water partition coefficient (Wildman–Crippen LogP) is 5.19. The maximum Gasteiger partial charge on any atom is 0.426 e. The summed E-state index contributed by atoms with van der Waals surface area (Å²) in [6.45, 7) is 0.694. The monoisotopic (exact) mass is 541 g/mol. The van der Waals surface area contributed by atoms with Gasteiger partial charge >= 0.3 is 12.2 Å². The summed E-state index contributed by atoms with van der Waals surface area (Å²) in [5.74, 6) is 1.44. The Labute approximate surface area is 224 Å². The van der Waals surface area contributed by atoms with Gasteiger partial charge in [-0.15, -0.1) is 5.10 Å². The molecule has 1 aliphatic heterocycles. The number of methoxy groups -OCH3 is 2. The average Bonchev–Trinajstić information content (AvgIpc) is 3.36. The minimum atomic E-state index is -4.60. The lowest BCUT2D eigenvalue weighted by Gasteiger charge is -2.34. The molecule has 0 radical (unpaired) electrons. The highest BCUT2D eigenvalue weighted by Crippen LogP contribution is 2.34. The van der Waals surface area contributed by atoms with Crippen LogP contribution in [0.4, 0.5) is 18.9 Å². The number of aromatic nitrogens is 3. The first kappa shape index (κ1) is 26.6. The first-order valence-electron chi connectivity index (χ1n) is 12.6. The Morgan fingerprint density at radius 3 is 2.46 bits per heavy atom. The van der Waals surface area contributed by atoms with Gasteiger partial charge in [-0.1, -0.05) is 18.2 Å². The number of anilines is 1. The molecular weight excluding hydrogens is 511 g/mol. The zero-order valence-electron chi connectivity index (χ0n) is 21.7. The molecule has 2 N–H and O–H groups in total. The summed E-state index contributed by atoms with van der Waals surface area (Å²) in [5.41, 5.74) is 9.56. The lowest BCUT2D eigenvalue weighted by Crippen LogP contribution is -2.47. The Kier molecular flexibility index (Phi) is 7.51. The second-order valence-corrected chi connectivity index (χ2v) is 9.52. The van der Waals surface area contributed by atoms with Crippen LogP contribution < -0.4 is 19.9 Å². The molecular formula is C28H30F3N5O3. The first-order chi connectivity index (χ1) is 18.8. The van der Waals surface area contributed by atoms with Crippen LogP contribution in [0.2, 0.25) is 0 Å². The molecule has 2 aromatic carbocycles. The second-order valence-electron chi connectivity index (χ2n) is 9.52. The van der Waals surface area contributed by atoms with Gasteiger partial charge in [0.25, 0.3) is 0 Å². The van der Waals surface area contributed by atoms with Gasteiger partial charge in [-0.2, -0.15) is 13.2 Å². The number of nitrogens with zero attached hydrogens (tertiary/aromatic N) is 4. The summed E-state index contributed by atoms with van der Waals surface area (Å²) in [5, 5.41) is 4.30. The predicted molar refractivity (Wildman–Crippen MR) is 141 cm³/mol. The fraction of sp³-hybridized carbons (Fsp3) is 0.357. The molecule has 2 aromatic heterocycles. The molecule has 1 aliphatic rings. The van der Waals surface area contributed by atoms with Crippen molar-refractivity contribution in [1.29, 1.82) is 0 Å². The zero-order chi connectivity index (χ0) is 27.6. The van der Waals surface area contributed by atoms with E-state index in [9.17, 15) is 13.2 Å². The van der Waals surface area contributed by atoms with E-state index in [0.717, 1.165) is 11.1 Å². The fourth-order valence-corrected chi connectivity index (χ4v) is 5.00. The fourth-order valence-electron chi connectivity index (χ4n) is 5.00. The van der Waals surface area contributed by atoms with Crippen LogP contribution in [0.5, 0.6) is 17.5 Å².